The summed E-state index contributed by atoms with van der Waals surface area (Å²) in [4.78, 5) is 3.91. The fraction of sp³-hybridized carbons (Fsp3) is 0.333. The van der Waals surface area contributed by atoms with Crippen molar-refractivity contribution in [2.45, 2.75) is 13.1 Å². The molecular weight excluding hydrogens is 432 g/mol. The van der Waals surface area contributed by atoms with Gasteiger partial charge in [0.15, 0.2) is 11.1 Å². The molecule has 178 valence electrons. The molecule has 2 aromatic rings. The van der Waals surface area contributed by atoms with Crippen molar-refractivity contribution >= 4 is 22.9 Å². The van der Waals surface area contributed by atoms with Crippen LogP contribution in [-0.4, -0.2) is 45.8 Å². The van der Waals surface area contributed by atoms with E-state index in [0.717, 1.165) is 28.4 Å². The van der Waals surface area contributed by atoms with Gasteiger partial charge in [0, 0.05) is 29.8 Å². The molecule has 0 atom stereocenters. The summed E-state index contributed by atoms with van der Waals surface area (Å²) in [6.45, 7) is 0.878. The second-order valence-electron chi connectivity index (χ2n) is 5.87. The van der Waals surface area contributed by atoms with Gasteiger partial charge in [-0.3, -0.25) is 5.41 Å². The van der Waals surface area contributed by atoms with Gasteiger partial charge in [-0.15, -0.1) is 0 Å². The normalized spacial score (nSPS) is 9.19. The summed E-state index contributed by atoms with van der Waals surface area (Å²) in [6.07, 6.45) is 1.77. The summed E-state index contributed by atoms with van der Waals surface area (Å²) in [6, 6.07) is 11.1. The van der Waals surface area contributed by atoms with Gasteiger partial charge >= 0.3 is 0 Å². The van der Waals surface area contributed by atoms with Crippen LogP contribution >= 0.6 is 11.8 Å². The van der Waals surface area contributed by atoms with Crippen LogP contribution in [0.4, 0.5) is 0 Å². The fourth-order valence-electron chi connectivity index (χ4n) is 2.18. The lowest BCUT2D eigenvalue weighted by molar-refractivity contribution is 0.391. The predicted octanol–water partition coefficient (Wildman–Crippen LogP) is 1.88. The first-order valence-electron chi connectivity index (χ1n) is 9.31. The number of hydrogen-bond donors (Lipinski definition) is 5. The highest BCUT2D eigenvalue weighted by molar-refractivity contribution is 8.13. The van der Waals surface area contributed by atoms with Crippen LogP contribution in [0.25, 0.3) is 0 Å². The molecular formula is C21H34N6O4S. The standard InChI is InChI=1S/C10H15N3O2.C9H13NO2.C2H6N2S/c1-14-8-4-3-7(6-13-10(11)12)9(5-8)15-2;1-11-8-4-3-7(6-10)9(5-8)12-2;1-5-2(3)4/h3-5H,6H2,1-2H3,(H4,11,12,13);3-5H,6,10H2,1-2H3;1H3,(H3,3,4). The van der Waals surface area contributed by atoms with Gasteiger partial charge < -0.3 is 41.9 Å². The van der Waals surface area contributed by atoms with Gasteiger partial charge in [-0.05, 0) is 24.5 Å². The molecule has 0 saturated carbocycles. The molecule has 10 nitrogen and oxygen atoms in total. The Morgan fingerprint density at radius 3 is 1.62 bits per heavy atom. The maximum atomic E-state index is 6.48. The average Bonchev–Trinajstić information content (AvgIpc) is 2.82. The van der Waals surface area contributed by atoms with E-state index >= 15 is 0 Å². The Hall–Kier alpha value is -3.31. The number of rotatable bonds is 7. The number of nitrogens with two attached hydrogens (primary N) is 4. The largest absolute Gasteiger partial charge is 0.497 e. The fourth-order valence-corrected chi connectivity index (χ4v) is 2.18. The van der Waals surface area contributed by atoms with E-state index in [1.165, 1.54) is 11.8 Å². The topological polar surface area (TPSA) is 177 Å². The molecule has 0 fully saturated rings. The molecule has 0 spiro atoms. The van der Waals surface area contributed by atoms with Crippen molar-refractivity contribution in [3.05, 3.63) is 47.5 Å². The third-order valence-corrected chi connectivity index (χ3v) is 4.30. The summed E-state index contributed by atoms with van der Waals surface area (Å²) >= 11 is 1.24. The molecule has 2 rings (SSSR count). The smallest absolute Gasteiger partial charge is 0.186 e. The quantitative estimate of drug-likeness (QED) is 0.301. The molecule has 32 heavy (non-hydrogen) atoms. The number of nitrogens with zero attached hydrogens (tertiary/aromatic N) is 1. The van der Waals surface area contributed by atoms with Gasteiger partial charge in [-0.25, -0.2) is 4.99 Å². The molecule has 0 radical (unpaired) electrons. The van der Waals surface area contributed by atoms with E-state index in [-0.39, 0.29) is 11.1 Å². The Morgan fingerprint density at radius 2 is 1.28 bits per heavy atom. The minimum absolute atomic E-state index is 0.0628. The second kappa shape index (κ2) is 16.4. The lowest BCUT2D eigenvalue weighted by atomic mass is 10.2. The molecule has 0 heterocycles. The molecule has 0 bridgehead atoms. The minimum atomic E-state index is 0.0628. The van der Waals surface area contributed by atoms with Crippen molar-refractivity contribution in [3.63, 3.8) is 0 Å². The SMILES string of the molecule is COc1ccc(CN)c(OC)c1.COc1ccc(CN=C(N)N)c(OC)c1.CSC(=N)N. The number of thioether (sulfide) groups is 1. The van der Waals surface area contributed by atoms with E-state index in [9.17, 15) is 0 Å². The van der Waals surface area contributed by atoms with Crippen LogP contribution in [0.1, 0.15) is 11.1 Å². The molecule has 0 aliphatic carbocycles. The van der Waals surface area contributed by atoms with Crippen molar-refractivity contribution in [1.29, 1.82) is 5.41 Å². The number of nitrogens with one attached hydrogen (secondary N) is 1. The summed E-state index contributed by atoms with van der Waals surface area (Å²) in [7, 11) is 6.43. The predicted molar refractivity (Wildman–Crippen MR) is 132 cm³/mol. The van der Waals surface area contributed by atoms with E-state index in [0.29, 0.717) is 18.8 Å². The van der Waals surface area contributed by atoms with Crippen LogP contribution in [-0.2, 0) is 13.1 Å². The van der Waals surface area contributed by atoms with E-state index in [1.807, 2.05) is 30.3 Å². The average molecular weight is 467 g/mol. The minimum Gasteiger partial charge on any atom is -0.497 e. The summed E-state index contributed by atoms with van der Waals surface area (Å²) < 4.78 is 20.4. The Labute approximate surface area is 193 Å². The lowest BCUT2D eigenvalue weighted by Crippen LogP contribution is -2.22. The van der Waals surface area contributed by atoms with E-state index in [4.69, 9.17) is 47.3 Å². The molecule has 0 saturated heterocycles. The van der Waals surface area contributed by atoms with Crippen LogP contribution in [0.15, 0.2) is 41.4 Å². The first-order valence-corrected chi connectivity index (χ1v) is 10.5. The highest BCUT2D eigenvalue weighted by atomic mass is 32.2. The Morgan fingerprint density at radius 1 is 0.844 bits per heavy atom. The van der Waals surface area contributed by atoms with Crippen molar-refractivity contribution in [2.75, 3.05) is 34.7 Å². The molecule has 9 N–H and O–H groups in total. The molecule has 0 aromatic heterocycles. The van der Waals surface area contributed by atoms with Crippen LogP contribution in [0.3, 0.4) is 0 Å². The van der Waals surface area contributed by atoms with Crippen LogP contribution < -0.4 is 41.9 Å². The Balaban J connectivity index is 0.000000505. The van der Waals surface area contributed by atoms with Crippen molar-refractivity contribution in [3.8, 4) is 23.0 Å². The molecule has 2 aromatic carbocycles. The van der Waals surface area contributed by atoms with Gasteiger partial charge in [-0.2, -0.15) is 0 Å². The second-order valence-corrected chi connectivity index (χ2v) is 6.72. The van der Waals surface area contributed by atoms with E-state index in [1.54, 1.807) is 40.8 Å². The number of guanidine groups is 1. The lowest BCUT2D eigenvalue weighted by Gasteiger charge is -2.08. The Bertz CT molecular complexity index is 860. The van der Waals surface area contributed by atoms with Crippen LogP contribution in [0.5, 0.6) is 23.0 Å². The summed E-state index contributed by atoms with van der Waals surface area (Å²) in [5.74, 6) is 3.06. The van der Waals surface area contributed by atoms with Gasteiger partial charge in [0.05, 0.1) is 35.0 Å². The third kappa shape index (κ3) is 11.2. The molecule has 0 unspecified atom stereocenters. The first kappa shape index (κ1) is 28.7. The number of ether oxygens (including phenoxy) is 4. The number of aliphatic imine (C=N–C) groups is 1. The maximum absolute atomic E-state index is 6.48. The number of amidine groups is 1. The zero-order valence-electron chi connectivity index (χ0n) is 19.2. The van der Waals surface area contributed by atoms with Gasteiger partial charge in [-0.1, -0.05) is 17.8 Å². The zero-order valence-corrected chi connectivity index (χ0v) is 20.0. The van der Waals surface area contributed by atoms with E-state index in [2.05, 4.69) is 4.99 Å². The van der Waals surface area contributed by atoms with Gasteiger partial charge in [0.2, 0.25) is 0 Å². The number of benzene rings is 2. The highest BCUT2D eigenvalue weighted by Crippen LogP contribution is 2.25. The number of methoxy groups -OCH3 is 4. The highest BCUT2D eigenvalue weighted by Gasteiger charge is 2.04. The van der Waals surface area contributed by atoms with Crippen molar-refractivity contribution in [2.24, 2.45) is 27.9 Å². The van der Waals surface area contributed by atoms with Crippen LogP contribution in [0, 0.1) is 5.41 Å². The van der Waals surface area contributed by atoms with Crippen molar-refractivity contribution in [1.82, 2.24) is 0 Å². The van der Waals surface area contributed by atoms with E-state index < -0.39 is 0 Å². The van der Waals surface area contributed by atoms with Crippen LogP contribution in [0.2, 0.25) is 0 Å². The molecule has 11 heteroatoms. The third-order valence-electron chi connectivity index (χ3n) is 3.86. The summed E-state index contributed by atoms with van der Waals surface area (Å²) in [5.41, 5.74) is 22.7. The maximum Gasteiger partial charge on any atom is 0.186 e. The number of hydrogen-bond acceptors (Lipinski definition) is 8. The molecule has 0 aliphatic rings. The van der Waals surface area contributed by atoms with Crippen molar-refractivity contribution < 1.29 is 18.9 Å². The Kier molecular flexibility index (Phi) is 14.7. The van der Waals surface area contributed by atoms with Gasteiger partial charge in [0.1, 0.15) is 23.0 Å². The zero-order chi connectivity index (χ0) is 24.5. The summed E-state index contributed by atoms with van der Waals surface area (Å²) in [5, 5.41) is 6.66. The molecule has 0 amide bonds. The van der Waals surface area contributed by atoms with Gasteiger partial charge in [0.25, 0.3) is 0 Å². The first-order chi connectivity index (χ1) is 15.3. The molecule has 0 aliphatic heterocycles. The monoisotopic (exact) mass is 466 g/mol.